The molecule has 2 nitrogen and oxygen atoms in total. The second-order valence-corrected chi connectivity index (χ2v) is 3.50. The quantitative estimate of drug-likeness (QED) is 0.635. The maximum absolute atomic E-state index is 4.97. The minimum absolute atomic E-state index is 0.886. The fourth-order valence-corrected chi connectivity index (χ4v) is 1.68. The molecular weight excluding hydrogens is 170 g/mol. The van der Waals surface area contributed by atoms with E-state index < -0.39 is 0 Å². The fourth-order valence-electron chi connectivity index (χ4n) is 1.09. The number of aromatic nitrogens is 1. The van der Waals surface area contributed by atoms with E-state index in [1.54, 1.807) is 18.4 Å². The molecule has 0 unspecified atom stereocenters. The van der Waals surface area contributed by atoms with Gasteiger partial charge in [-0.3, -0.25) is 0 Å². The third-order valence-electron chi connectivity index (χ3n) is 1.76. The number of nitrogens with zero attached hydrogens (tertiary/aromatic N) is 1. The van der Waals surface area contributed by atoms with Crippen molar-refractivity contribution in [2.75, 3.05) is 13.7 Å². The first kappa shape index (κ1) is 9.68. The molecule has 0 aliphatic carbocycles. The summed E-state index contributed by atoms with van der Waals surface area (Å²) in [5.74, 6) is 0. The van der Waals surface area contributed by atoms with Crippen LogP contribution in [-0.4, -0.2) is 18.7 Å². The lowest BCUT2D eigenvalue weighted by Crippen LogP contribution is -1.90. The molecule has 1 aromatic rings. The molecular formula is C9H15NOS. The monoisotopic (exact) mass is 185 g/mol. The summed E-state index contributed by atoms with van der Waals surface area (Å²) in [4.78, 5) is 4.22. The third-order valence-corrected chi connectivity index (χ3v) is 2.40. The van der Waals surface area contributed by atoms with Crippen molar-refractivity contribution < 1.29 is 4.74 Å². The molecule has 0 fully saturated rings. The Kier molecular flexibility index (Phi) is 4.95. The lowest BCUT2D eigenvalue weighted by atomic mass is 10.2. The van der Waals surface area contributed by atoms with Crippen LogP contribution in [0.4, 0.5) is 0 Å². The van der Waals surface area contributed by atoms with Crippen molar-refractivity contribution in [3.63, 3.8) is 0 Å². The zero-order valence-corrected chi connectivity index (χ0v) is 8.27. The molecule has 0 bridgehead atoms. The molecule has 0 aromatic carbocycles. The average Bonchev–Trinajstić information content (AvgIpc) is 2.57. The van der Waals surface area contributed by atoms with Crippen LogP contribution in [0.5, 0.6) is 0 Å². The Balaban J connectivity index is 1.96. The Morgan fingerprint density at radius 3 is 3.00 bits per heavy atom. The Morgan fingerprint density at radius 2 is 2.33 bits per heavy atom. The number of aryl methyl sites for hydroxylation is 1. The number of ether oxygens (including phenoxy) is 1. The standard InChI is InChI=1S/C9H15NOS/c1-11-6-4-2-3-5-9-7-12-8-10-9/h7-8H,2-6H2,1H3. The summed E-state index contributed by atoms with van der Waals surface area (Å²) in [6.07, 6.45) is 4.76. The molecule has 0 saturated carbocycles. The first-order valence-electron chi connectivity index (χ1n) is 4.29. The van der Waals surface area contributed by atoms with E-state index in [1.165, 1.54) is 25.0 Å². The summed E-state index contributed by atoms with van der Waals surface area (Å²) < 4.78 is 4.97. The first-order chi connectivity index (χ1) is 5.93. The van der Waals surface area contributed by atoms with E-state index in [0.717, 1.165) is 13.0 Å². The molecule has 0 aliphatic heterocycles. The van der Waals surface area contributed by atoms with Crippen molar-refractivity contribution in [1.82, 2.24) is 4.98 Å². The highest BCUT2D eigenvalue weighted by molar-refractivity contribution is 7.07. The van der Waals surface area contributed by atoms with Gasteiger partial charge in [-0.2, -0.15) is 0 Å². The van der Waals surface area contributed by atoms with Gasteiger partial charge in [-0.25, -0.2) is 4.98 Å². The van der Waals surface area contributed by atoms with Gasteiger partial charge in [0.15, 0.2) is 0 Å². The van der Waals surface area contributed by atoms with Crippen molar-refractivity contribution in [3.8, 4) is 0 Å². The van der Waals surface area contributed by atoms with E-state index in [-0.39, 0.29) is 0 Å². The minimum Gasteiger partial charge on any atom is -0.385 e. The fraction of sp³-hybridized carbons (Fsp3) is 0.667. The molecule has 68 valence electrons. The van der Waals surface area contributed by atoms with E-state index in [2.05, 4.69) is 10.4 Å². The second kappa shape index (κ2) is 6.14. The summed E-state index contributed by atoms with van der Waals surface area (Å²) >= 11 is 1.67. The number of unbranched alkanes of at least 4 members (excludes halogenated alkanes) is 2. The van der Waals surface area contributed by atoms with E-state index >= 15 is 0 Å². The molecule has 0 N–H and O–H groups in total. The molecule has 0 atom stereocenters. The number of thiazole rings is 1. The van der Waals surface area contributed by atoms with E-state index in [0.29, 0.717) is 0 Å². The molecule has 12 heavy (non-hydrogen) atoms. The molecule has 0 spiro atoms. The van der Waals surface area contributed by atoms with Gasteiger partial charge in [0.1, 0.15) is 0 Å². The van der Waals surface area contributed by atoms with Crippen molar-refractivity contribution in [2.45, 2.75) is 25.7 Å². The zero-order valence-electron chi connectivity index (χ0n) is 7.45. The van der Waals surface area contributed by atoms with Crippen molar-refractivity contribution >= 4 is 11.3 Å². The molecule has 0 radical (unpaired) electrons. The molecule has 3 heteroatoms. The van der Waals surface area contributed by atoms with Crippen LogP contribution in [0, 0.1) is 0 Å². The SMILES string of the molecule is COCCCCCc1cscn1. The van der Waals surface area contributed by atoms with Gasteiger partial charge in [0.05, 0.1) is 11.2 Å². The van der Waals surface area contributed by atoms with E-state index in [9.17, 15) is 0 Å². The minimum atomic E-state index is 0.886. The number of rotatable bonds is 6. The first-order valence-corrected chi connectivity index (χ1v) is 5.24. The smallest absolute Gasteiger partial charge is 0.0794 e. The van der Waals surface area contributed by atoms with Crippen LogP contribution in [0.2, 0.25) is 0 Å². The summed E-state index contributed by atoms with van der Waals surface area (Å²) in [5.41, 5.74) is 3.13. The molecule has 0 saturated heterocycles. The third kappa shape index (κ3) is 3.83. The van der Waals surface area contributed by atoms with Gasteiger partial charge >= 0.3 is 0 Å². The maximum atomic E-state index is 4.97. The van der Waals surface area contributed by atoms with Crippen LogP contribution in [0.3, 0.4) is 0 Å². The number of hydrogen-bond donors (Lipinski definition) is 0. The Labute approximate surface area is 77.6 Å². The maximum Gasteiger partial charge on any atom is 0.0794 e. The predicted octanol–water partition coefficient (Wildman–Crippen LogP) is 2.50. The van der Waals surface area contributed by atoms with Crippen molar-refractivity contribution in [1.29, 1.82) is 0 Å². The largest absolute Gasteiger partial charge is 0.385 e. The summed E-state index contributed by atoms with van der Waals surface area (Å²) in [6, 6.07) is 0. The molecule has 1 rings (SSSR count). The molecule has 0 aliphatic rings. The average molecular weight is 185 g/mol. The zero-order chi connectivity index (χ0) is 8.65. The molecule has 0 amide bonds. The van der Waals surface area contributed by atoms with Crippen LogP contribution in [0.1, 0.15) is 25.0 Å². The Morgan fingerprint density at radius 1 is 1.42 bits per heavy atom. The van der Waals surface area contributed by atoms with Gasteiger partial charge in [0.2, 0.25) is 0 Å². The summed E-state index contributed by atoms with van der Waals surface area (Å²) in [7, 11) is 1.75. The number of methoxy groups -OCH3 is 1. The van der Waals surface area contributed by atoms with Gasteiger partial charge in [-0.15, -0.1) is 11.3 Å². The van der Waals surface area contributed by atoms with Crippen LogP contribution in [-0.2, 0) is 11.2 Å². The van der Waals surface area contributed by atoms with Crippen molar-refractivity contribution in [3.05, 3.63) is 16.6 Å². The Hall–Kier alpha value is -0.410. The highest BCUT2D eigenvalue weighted by Gasteiger charge is 1.94. The van der Waals surface area contributed by atoms with E-state index in [4.69, 9.17) is 4.74 Å². The highest BCUT2D eigenvalue weighted by atomic mass is 32.1. The van der Waals surface area contributed by atoms with Gasteiger partial charge < -0.3 is 4.74 Å². The van der Waals surface area contributed by atoms with Crippen LogP contribution < -0.4 is 0 Å². The van der Waals surface area contributed by atoms with E-state index in [1.807, 2.05) is 5.51 Å². The van der Waals surface area contributed by atoms with Crippen LogP contribution >= 0.6 is 11.3 Å². The summed E-state index contributed by atoms with van der Waals surface area (Å²) in [5, 5.41) is 2.12. The summed E-state index contributed by atoms with van der Waals surface area (Å²) in [6.45, 7) is 0.886. The lowest BCUT2D eigenvalue weighted by molar-refractivity contribution is 0.192. The Bertz CT molecular complexity index is 186. The normalized spacial score (nSPS) is 10.4. The lowest BCUT2D eigenvalue weighted by Gasteiger charge is -1.97. The highest BCUT2D eigenvalue weighted by Crippen LogP contribution is 2.06. The molecule has 1 heterocycles. The van der Waals surface area contributed by atoms with Crippen LogP contribution in [0.15, 0.2) is 10.9 Å². The predicted molar refractivity (Wildman–Crippen MR) is 51.5 cm³/mol. The molecule has 1 aromatic heterocycles. The van der Waals surface area contributed by atoms with Crippen molar-refractivity contribution in [2.24, 2.45) is 0 Å². The topological polar surface area (TPSA) is 22.1 Å². The van der Waals surface area contributed by atoms with Gasteiger partial charge in [0.25, 0.3) is 0 Å². The number of hydrogen-bond acceptors (Lipinski definition) is 3. The van der Waals surface area contributed by atoms with Gasteiger partial charge in [-0.1, -0.05) is 6.42 Å². The van der Waals surface area contributed by atoms with Gasteiger partial charge in [0, 0.05) is 19.1 Å². The van der Waals surface area contributed by atoms with Crippen LogP contribution in [0.25, 0.3) is 0 Å². The second-order valence-electron chi connectivity index (χ2n) is 2.78. The van der Waals surface area contributed by atoms with Gasteiger partial charge in [-0.05, 0) is 19.3 Å².